The average molecular weight is 287 g/mol. The molecule has 0 saturated heterocycles. The summed E-state index contributed by atoms with van der Waals surface area (Å²) in [6, 6.07) is 6.70. The van der Waals surface area contributed by atoms with E-state index in [2.05, 4.69) is 5.32 Å². The molecular weight excluding hydrogens is 265 g/mol. The molecule has 0 aliphatic carbocycles. The molecule has 1 rings (SSSR count). The highest BCUT2D eigenvalue weighted by atomic mass is 32.2. The van der Waals surface area contributed by atoms with E-state index in [9.17, 15) is 12.8 Å². The molecule has 0 spiro atoms. The van der Waals surface area contributed by atoms with Gasteiger partial charge >= 0.3 is 0 Å². The van der Waals surface area contributed by atoms with E-state index < -0.39 is 9.84 Å². The predicted molar refractivity (Wildman–Crippen MR) is 76.6 cm³/mol. The van der Waals surface area contributed by atoms with Gasteiger partial charge in [-0.1, -0.05) is 25.1 Å². The lowest BCUT2D eigenvalue weighted by Crippen LogP contribution is -2.22. The molecule has 108 valence electrons. The lowest BCUT2D eigenvalue weighted by molar-refractivity contribution is 0.517. The van der Waals surface area contributed by atoms with E-state index in [0.29, 0.717) is 24.9 Å². The van der Waals surface area contributed by atoms with E-state index >= 15 is 0 Å². The highest BCUT2D eigenvalue weighted by Gasteiger charge is 2.15. The van der Waals surface area contributed by atoms with Crippen LogP contribution in [0.1, 0.15) is 31.2 Å². The number of hydrogen-bond donors (Lipinski definition) is 1. The Balaban J connectivity index is 2.69. The van der Waals surface area contributed by atoms with Crippen LogP contribution in [0, 0.1) is 5.82 Å². The molecule has 19 heavy (non-hydrogen) atoms. The van der Waals surface area contributed by atoms with Crippen LogP contribution in [0.4, 0.5) is 4.39 Å². The standard InChI is InChI=1S/C14H22FNO2S/c1-3-16-11-12(7-6-10-19(2,17)18)13-8-4-5-9-14(13)15/h4-5,8-9,12,16H,3,6-7,10-11H2,1-2H3. The molecule has 1 atom stereocenters. The zero-order valence-electron chi connectivity index (χ0n) is 11.5. The Morgan fingerprint density at radius 3 is 2.58 bits per heavy atom. The average Bonchev–Trinajstić information content (AvgIpc) is 2.33. The van der Waals surface area contributed by atoms with Gasteiger partial charge in [0.2, 0.25) is 0 Å². The summed E-state index contributed by atoms with van der Waals surface area (Å²) in [6.07, 6.45) is 2.46. The van der Waals surface area contributed by atoms with E-state index in [-0.39, 0.29) is 17.5 Å². The van der Waals surface area contributed by atoms with Crippen LogP contribution in [0.25, 0.3) is 0 Å². The van der Waals surface area contributed by atoms with Crippen molar-refractivity contribution in [3.63, 3.8) is 0 Å². The molecule has 0 aliphatic heterocycles. The molecule has 0 amide bonds. The van der Waals surface area contributed by atoms with Gasteiger partial charge in [0.1, 0.15) is 15.7 Å². The maximum Gasteiger partial charge on any atom is 0.147 e. The summed E-state index contributed by atoms with van der Waals surface area (Å²) < 4.78 is 36.1. The van der Waals surface area contributed by atoms with Gasteiger partial charge in [0.25, 0.3) is 0 Å². The molecule has 1 aromatic carbocycles. The smallest absolute Gasteiger partial charge is 0.147 e. The van der Waals surface area contributed by atoms with Gasteiger partial charge in [-0.3, -0.25) is 0 Å². The van der Waals surface area contributed by atoms with E-state index in [1.807, 2.05) is 13.0 Å². The number of halogens is 1. The molecular formula is C14H22FNO2S. The largest absolute Gasteiger partial charge is 0.316 e. The summed E-state index contributed by atoms with van der Waals surface area (Å²) in [4.78, 5) is 0. The molecule has 0 saturated carbocycles. The van der Waals surface area contributed by atoms with Gasteiger partial charge in [-0.25, -0.2) is 12.8 Å². The fourth-order valence-corrected chi connectivity index (χ4v) is 2.78. The number of benzene rings is 1. The Hall–Kier alpha value is -0.940. The minimum atomic E-state index is -2.95. The Morgan fingerprint density at radius 2 is 2.00 bits per heavy atom. The molecule has 1 aromatic rings. The van der Waals surface area contributed by atoms with Crippen molar-refractivity contribution < 1.29 is 12.8 Å². The number of hydrogen-bond acceptors (Lipinski definition) is 3. The molecule has 0 fully saturated rings. The second-order valence-electron chi connectivity index (χ2n) is 4.80. The maximum atomic E-state index is 13.8. The van der Waals surface area contributed by atoms with Gasteiger partial charge in [-0.05, 0) is 36.9 Å². The van der Waals surface area contributed by atoms with Crippen molar-refractivity contribution in [3.8, 4) is 0 Å². The highest BCUT2D eigenvalue weighted by Crippen LogP contribution is 2.23. The molecule has 1 N–H and O–H groups in total. The van der Waals surface area contributed by atoms with E-state index in [0.717, 1.165) is 6.54 Å². The molecule has 0 aliphatic rings. The summed E-state index contributed by atoms with van der Waals surface area (Å²) in [5.74, 6) is -0.0444. The van der Waals surface area contributed by atoms with Gasteiger partial charge in [-0.15, -0.1) is 0 Å². The number of nitrogens with one attached hydrogen (secondary N) is 1. The van der Waals surface area contributed by atoms with Crippen molar-refractivity contribution in [1.82, 2.24) is 5.32 Å². The van der Waals surface area contributed by atoms with Crippen LogP contribution < -0.4 is 5.32 Å². The van der Waals surface area contributed by atoms with Gasteiger partial charge in [-0.2, -0.15) is 0 Å². The maximum absolute atomic E-state index is 13.8. The van der Waals surface area contributed by atoms with Crippen LogP contribution >= 0.6 is 0 Å². The third-order valence-corrected chi connectivity index (χ3v) is 4.08. The quantitative estimate of drug-likeness (QED) is 0.798. The topological polar surface area (TPSA) is 46.2 Å². The predicted octanol–water partition coefficient (Wildman–Crippen LogP) is 2.34. The van der Waals surface area contributed by atoms with E-state index in [1.54, 1.807) is 12.1 Å². The molecule has 0 heterocycles. The van der Waals surface area contributed by atoms with Gasteiger partial charge in [0.15, 0.2) is 0 Å². The summed E-state index contributed by atoms with van der Waals surface area (Å²) in [6.45, 7) is 3.48. The second kappa shape index (κ2) is 7.60. The first-order valence-electron chi connectivity index (χ1n) is 6.57. The molecule has 1 unspecified atom stereocenters. The summed E-state index contributed by atoms with van der Waals surface area (Å²) >= 11 is 0. The monoisotopic (exact) mass is 287 g/mol. The van der Waals surface area contributed by atoms with E-state index in [4.69, 9.17) is 0 Å². The van der Waals surface area contributed by atoms with Crippen molar-refractivity contribution in [2.45, 2.75) is 25.7 Å². The minimum Gasteiger partial charge on any atom is -0.316 e. The third kappa shape index (κ3) is 6.16. The zero-order chi connectivity index (χ0) is 14.3. The van der Waals surface area contributed by atoms with E-state index in [1.165, 1.54) is 12.3 Å². The van der Waals surface area contributed by atoms with Crippen molar-refractivity contribution in [2.24, 2.45) is 0 Å². The molecule has 5 heteroatoms. The minimum absolute atomic E-state index is 0.0166. The van der Waals surface area contributed by atoms with Crippen molar-refractivity contribution >= 4 is 9.84 Å². The van der Waals surface area contributed by atoms with Crippen LogP contribution in [0.3, 0.4) is 0 Å². The fraction of sp³-hybridized carbons (Fsp3) is 0.571. The van der Waals surface area contributed by atoms with Gasteiger partial charge in [0.05, 0.1) is 0 Å². The molecule has 0 radical (unpaired) electrons. The Morgan fingerprint density at radius 1 is 1.32 bits per heavy atom. The number of rotatable bonds is 8. The number of likely N-dealkylation sites (N-methyl/N-ethyl adjacent to an activating group) is 1. The van der Waals surface area contributed by atoms with Crippen LogP contribution in [0.2, 0.25) is 0 Å². The first-order valence-corrected chi connectivity index (χ1v) is 8.63. The SMILES string of the molecule is CCNCC(CCCS(C)(=O)=O)c1ccccc1F. The highest BCUT2D eigenvalue weighted by molar-refractivity contribution is 7.90. The Kier molecular flexibility index (Phi) is 6.45. The lowest BCUT2D eigenvalue weighted by Gasteiger charge is -2.18. The van der Waals surface area contributed by atoms with Gasteiger partial charge in [0, 0.05) is 18.6 Å². The summed E-state index contributed by atoms with van der Waals surface area (Å²) in [7, 11) is -2.95. The summed E-state index contributed by atoms with van der Waals surface area (Å²) in [5, 5.41) is 3.21. The first-order chi connectivity index (χ1) is 8.94. The lowest BCUT2D eigenvalue weighted by atomic mass is 9.94. The molecule has 3 nitrogen and oxygen atoms in total. The van der Waals surface area contributed by atoms with Crippen molar-refractivity contribution in [2.75, 3.05) is 25.1 Å². The zero-order valence-corrected chi connectivity index (χ0v) is 12.3. The van der Waals surface area contributed by atoms with Crippen LogP contribution in [0.5, 0.6) is 0 Å². The van der Waals surface area contributed by atoms with Crippen LogP contribution in [0.15, 0.2) is 24.3 Å². The normalized spacial score (nSPS) is 13.4. The summed E-state index contributed by atoms with van der Waals surface area (Å²) in [5.41, 5.74) is 0.664. The van der Waals surface area contributed by atoms with Crippen molar-refractivity contribution in [3.05, 3.63) is 35.6 Å². The third-order valence-electron chi connectivity index (χ3n) is 3.05. The van der Waals surface area contributed by atoms with Crippen LogP contribution in [-0.2, 0) is 9.84 Å². The van der Waals surface area contributed by atoms with Gasteiger partial charge < -0.3 is 5.32 Å². The Bertz CT molecular complexity index is 488. The fourth-order valence-electron chi connectivity index (χ4n) is 2.08. The molecule has 0 bridgehead atoms. The Labute approximate surface area is 115 Å². The second-order valence-corrected chi connectivity index (χ2v) is 7.06. The number of sulfone groups is 1. The molecule has 0 aromatic heterocycles. The van der Waals surface area contributed by atoms with Crippen molar-refractivity contribution in [1.29, 1.82) is 0 Å². The van der Waals surface area contributed by atoms with Crippen LogP contribution in [-0.4, -0.2) is 33.5 Å². The first kappa shape index (κ1) is 16.1.